The lowest BCUT2D eigenvalue weighted by atomic mass is 10.2. The lowest BCUT2D eigenvalue weighted by molar-refractivity contribution is -0.115. The molecule has 0 bridgehead atoms. The fourth-order valence-electron chi connectivity index (χ4n) is 2.59. The minimum Gasteiger partial charge on any atom is -0.497 e. The normalized spacial score (nSPS) is 11.9. The number of anilines is 1. The fourth-order valence-corrected chi connectivity index (χ4v) is 3.40. The topological polar surface area (TPSA) is 69.0 Å². The minimum absolute atomic E-state index is 0.0698. The van der Waals surface area contributed by atoms with Crippen molar-refractivity contribution in [1.29, 1.82) is 0 Å². The van der Waals surface area contributed by atoms with Gasteiger partial charge in [0.2, 0.25) is 5.91 Å². The van der Waals surface area contributed by atoms with Crippen molar-refractivity contribution in [3.63, 3.8) is 0 Å². The van der Waals surface area contributed by atoms with Crippen LogP contribution >= 0.6 is 11.8 Å². The van der Waals surface area contributed by atoms with Gasteiger partial charge >= 0.3 is 0 Å². The zero-order valence-electron chi connectivity index (χ0n) is 15.8. The van der Waals surface area contributed by atoms with E-state index in [0.29, 0.717) is 5.16 Å². The zero-order chi connectivity index (χ0) is 19.4. The lowest BCUT2D eigenvalue weighted by Gasteiger charge is -2.12. The standard InChI is InChI=1S/C20H22N4O2S/c1-13-6-5-7-16(12-13)21-19(25)14(2)27-20-23-22-18(24(20)3)15-8-10-17(26-4)11-9-15/h5-12,14H,1-4H3,(H,21,25)/t14-/m1/s1. The van der Waals surface area contributed by atoms with E-state index in [9.17, 15) is 4.79 Å². The van der Waals surface area contributed by atoms with Crippen LogP contribution in [0.5, 0.6) is 5.75 Å². The molecule has 1 heterocycles. The number of thioether (sulfide) groups is 1. The molecule has 1 N–H and O–H groups in total. The Labute approximate surface area is 163 Å². The molecule has 0 aliphatic rings. The van der Waals surface area contributed by atoms with Crippen LogP contribution in [0.2, 0.25) is 0 Å². The van der Waals surface area contributed by atoms with Crippen LogP contribution in [0, 0.1) is 6.92 Å². The number of hydrogen-bond donors (Lipinski definition) is 1. The van der Waals surface area contributed by atoms with Crippen LogP contribution in [-0.4, -0.2) is 33.0 Å². The smallest absolute Gasteiger partial charge is 0.237 e. The average Bonchev–Trinajstić information content (AvgIpc) is 3.02. The van der Waals surface area contributed by atoms with E-state index in [2.05, 4.69) is 15.5 Å². The zero-order valence-corrected chi connectivity index (χ0v) is 16.6. The third-order valence-electron chi connectivity index (χ3n) is 4.12. The summed E-state index contributed by atoms with van der Waals surface area (Å²) in [6.45, 7) is 3.85. The van der Waals surface area contributed by atoms with E-state index in [1.807, 2.05) is 74.0 Å². The van der Waals surface area contributed by atoms with E-state index >= 15 is 0 Å². The van der Waals surface area contributed by atoms with Crippen molar-refractivity contribution in [2.24, 2.45) is 7.05 Å². The molecule has 0 unspecified atom stereocenters. The maximum atomic E-state index is 12.5. The van der Waals surface area contributed by atoms with Crippen LogP contribution in [-0.2, 0) is 11.8 Å². The van der Waals surface area contributed by atoms with E-state index < -0.39 is 0 Å². The molecule has 0 aliphatic carbocycles. The summed E-state index contributed by atoms with van der Waals surface area (Å²) in [6, 6.07) is 15.4. The summed E-state index contributed by atoms with van der Waals surface area (Å²) in [7, 11) is 3.53. The Bertz CT molecular complexity index is 937. The third kappa shape index (κ3) is 4.49. The molecule has 3 aromatic rings. The minimum atomic E-state index is -0.308. The Morgan fingerprint density at radius 2 is 1.93 bits per heavy atom. The molecule has 0 fully saturated rings. The van der Waals surface area contributed by atoms with Gasteiger partial charge < -0.3 is 14.6 Å². The molecule has 1 amide bonds. The largest absolute Gasteiger partial charge is 0.497 e. The second-order valence-corrected chi connectivity index (χ2v) is 7.52. The fraction of sp³-hybridized carbons (Fsp3) is 0.250. The first-order valence-electron chi connectivity index (χ1n) is 8.56. The lowest BCUT2D eigenvalue weighted by Crippen LogP contribution is -2.22. The van der Waals surface area contributed by atoms with Gasteiger partial charge in [0, 0.05) is 18.3 Å². The number of ether oxygens (including phenoxy) is 1. The van der Waals surface area contributed by atoms with Gasteiger partial charge in [-0.1, -0.05) is 23.9 Å². The van der Waals surface area contributed by atoms with Gasteiger partial charge in [0.1, 0.15) is 5.75 Å². The van der Waals surface area contributed by atoms with Crippen LogP contribution < -0.4 is 10.1 Å². The summed E-state index contributed by atoms with van der Waals surface area (Å²) in [5.41, 5.74) is 2.84. The number of nitrogens with one attached hydrogen (secondary N) is 1. The molecule has 0 saturated carbocycles. The van der Waals surface area contributed by atoms with Crippen LogP contribution in [0.3, 0.4) is 0 Å². The van der Waals surface area contributed by atoms with Gasteiger partial charge in [-0.15, -0.1) is 10.2 Å². The number of carbonyl (C=O) groups is 1. The maximum absolute atomic E-state index is 12.5. The average molecular weight is 382 g/mol. The molecule has 7 heteroatoms. The quantitative estimate of drug-likeness (QED) is 0.655. The number of amides is 1. The number of nitrogens with zero attached hydrogens (tertiary/aromatic N) is 3. The van der Waals surface area contributed by atoms with E-state index in [0.717, 1.165) is 28.4 Å². The Morgan fingerprint density at radius 1 is 1.19 bits per heavy atom. The molecule has 1 aromatic heterocycles. The highest BCUT2D eigenvalue weighted by atomic mass is 32.2. The second-order valence-electron chi connectivity index (χ2n) is 6.21. The van der Waals surface area contributed by atoms with Crippen LogP contribution in [0.15, 0.2) is 53.7 Å². The van der Waals surface area contributed by atoms with Crippen molar-refractivity contribution in [2.75, 3.05) is 12.4 Å². The molecule has 0 spiro atoms. The number of hydrogen-bond acceptors (Lipinski definition) is 5. The molecular formula is C20H22N4O2S. The van der Waals surface area contributed by atoms with Gasteiger partial charge in [0.15, 0.2) is 11.0 Å². The predicted octanol–water partition coefficient (Wildman–Crippen LogP) is 3.92. The van der Waals surface area contributed by atoms with E-state index in [4.69, 9.17) is 4.74 Å². The summed E-state index contributed by atoms with van der Waals surface area (Å²) >= 11 is 1.38. The molecular weight excluding hydrogens is 360 g/mol. The second kappa shape index (κ2) is 8.26. The Morgan fingerprint density at radius 3 is 2.59 bits per heavy atom. The summed E-state index contributed by atoms with van der Waals surface area (Å²) in [6.07, 6.45) is 0. The summed E-state index contributed by atoms with van der Waals surface area (Å²) in [5, 5.41) is 11.8. The third-order valence-corrected chi connectivity index (χ3v) is 5.25. The molecule has 1 atom stereocenters. The van der Waals surface area contributed by atoms with Crippen molar-refractivity contribution >= 4 is 23.4 Å². The number of methoxy groups -OCH3 is 1. The maximum Gasteiger partial charge on any atom is 0.237 e. The summed E-state index contributed by atoms with van der Waals surface area (Å²) < 4.78 is 7.08. The number of aromatic nitrogens is 3. The highest BCUT2D eigenvalue weighted by Crippen LogP contribution is 2.27. The van der Waals surface area contributed by atoms with Crippen LogP contribution in [0.25, 0.3) is 11.4 Å². The van der Waals surface area contributed by atoms with Crippen molar-refractivity contribution in [1.82, 2.24) is 14.8 Å². The molecule has 0 aliphatic heterocycles. The summed E-state index contributed by atoms with van der Waals surface area (Å²) in [5.74, 6) is 1.46. The van der Waals surface area contributed by atoms with Gasteiger partial charge in [-0.25, -0.2) is 0 Å². The first-order chi connectivity index (χ1) is 13.0. The SMILES string of the molecule is COc1ccc(-c2nnc(S[C@H](C)C(=O)Nc3cccc(C)c3)n2C)cc1. The predicted molar refractivity (Wildman–Crippen MR) is 108 cm³/mol. The van der Waals surface area contributed by atoms with Gasteiger partial charge in [-0.3, -0.25) is 4.79 Å². The van der Waals surface area contributed by atoms with E-state index in [1.165, 1.54) is 11.8 Å². The van der Waals surface area contributed by atoms with Crippen molar-refractivity contribution in [3.05, 3.63) is 54.1 Å². The molecule has 6 nitrogen and oxygen atoms in total. The molecule has 140 valence electrons. The van der Waals surface area contributed by atoms with Crippen molar-refractivity contribution in [3.8, 4) is 17.1 Å². The Balaban J connectivity index is 1.70. The van der Waals surface area contributed by atoms with Crippen LogP contribution in [0.4, 0.5) is 5.69 Å². The van der Waals surface area contributed by atoms with Crippen molar-refractivity contribution < 1.29 is 9.53 Å². The van der Waals surface area contributed by atoms with Crippen LogP contribution in [0.1, 0.15) is 12.5 Å². The molecule has 2 aromatic carbocycles. The first-order valence-corrected chi connectivity index (χ1v) is 9.44. The van der Waals surface area contributed by atoms with E-state index in [1.54, 1.807) is 7.11 Å². The van der Waals surface area contributed by atoms with Crippen molar-refractivity contribution in [2.45, 2.75) is 24.3 Å². The Hall–Kier alpha value is -2.80. The number of aryl methyl sites for hydroxylation is 1. The highest BCUT2D eigenvalue weighted by molar-refractivity contribution is 8.00. The molecule has 0 saturated heterocycles. The van der Waals surface area contributed by atoms with Gasteiger partial charge in [-0.2, -0.15) is 0 Å². The molecule has 27 heavy (non-hydrogen) atoms. The monoisotopic (exact) mass is 382 g/mol. The van der Waals surface area contributed by atoms with Gasteiger partial charge in [0.05, 0.1) is 12.4 Å². The Kier molecular flexibility index (Phi) is 5.81. The molecule has 0 radical (unpaired) electrons. The number of benzene rings is 2. The number of rotatable bonds is 6. The van der Waals surface area contributed by atoms with E-state index in [-0.39, 0.29) is 11.2 Å². The molecule has 3 rings (SSSR count). The van der Waals surface area contributed by atoms with Gasteiger partial charge in [-0.05, 0) is 55.8 Å². The highest BCUT2D eigenvalue weighted by Gasteiger charge is 2.19. The number of carbonyl (C=O) groups excluding carboxylic acids is 1. The first kappa shape index (κ1) is 19.0. The summed E-state index contributed by atoms with van der Waals surface area (Å²) in [4.78, 5) is 12.5. The van der Waals surface area contributed by atoms with Gasteiger partial charge in [0.25, 0.3) is 0 Å².